The smallest absolute Gasteiger partial charge is 0.462 e. The van der Waals surface area contributed by atoms with Gasteiger partial charge in [0.05, 0.1) is 26.4 Å². The van der Waals surface area contributed by atoms with E-state index in [4.69, 9.17) is 37.0 Å². The largest absolute Gasteiger partial charge is 0.472 e. The summed E-state index contributed by atoms with van der Waals surface area (Å²) in [5.41, 5.74) is 0. The van der Waals surface area contributed by atoms with Gasteiger partial charge in [-0.05, 0) is 31.6 Å². The third kappa shape index (κ3) is 66.5. The molecular formula is C72H140O17P2. The van der Waals surface area contributed by atoms with Gasteiger partial charge in [-0.1, -0.05) is 324 Å². The van der Waals surface area contributed by atoms with Crippen LogP contribution in [0.2, 0.25) is 0 Å². The van der Waals surface area contributed by atoms with E-state index in [1.165, 1.54) is 186 Å². The number of phosphoric acid groups is 2. The third-order valence-corrected chi connectivity index (χ3v) is 18.7. The standard InChI is InChI=1S/C72H140O17P2/c1-6-9-12-15-18-20-22-24-25-26-27-28-30-32-38-43-48-53-58-72(77)89-68(62-83-70(75)56-51-46-41-36-34-33-35-40-44-49-54-65(4)5)64-87-91(80,81)85-60-66(73)59-84-90(78,79)86-63-67(61-82-69(74)55-50-45-39-17-14-11-8-3)88-71(76)57-52-47-42-37-31-29-23-21-19-16-13-10-7-2/h65-68,73H,6-64H2,1-5H3,(H,78,79)(H,80,81)/t66-,67+,68+/m0/s1. The van der Waals surface area contributed by atoms with Gasteiger partial charge in [0.15, 0.2) is 12.2 Å². The molecule has 5 atom stereocenters. The summed E-state index contributed by atoms with van der Waals surface area (Å²) in [6.07, 6.45) is 52.8. The van der Waals surface area contributed by atoms with Crippen LogP contribution in [-0.4, -0.2) is 96.7 Å². The van der Waals surface area contributed by atoms with Crippen LogP contribution in [0.4, 0.5) is 0 Å². The number of rotatable bonds is 72. The second kappa shape index (κ2) is 65.4. The molecule has 2 unspecified atom stereocenters. The van der Waals surface area contributed by atoms with Gasteiger partial charge < -0.3 is 33.8 Å². The molecule has 91 heavy (non-hydrogen) atoms. The maximum Gasteiger partial charge on any atom is 0.472 e. The number of hydrogen-bond donors (Lipinski definition) is 3. The van der Waals surface area contributed by atoms with Crippen molar-refractivity contribution in [3.05, 3.63) is 0 Å². The molecule has 0 aliphatic rings. The Bertz CT molecular complexity index is 1750. The number of aliphatic hydroxyl groups is 1. The van der Waals surface area contributed by atoms with Gasteiger partial charge in [0.1, 0.15) is 19.3 Å². The molecule has 0 radical (unpaired) electrons. The monoisotopic (exact) mass is 1340 g/mol. The Labute approximate surface area is 556 Å². The van der Waals surface area contributed by atoms with Gasteiger partial charge in [0, 0.05) is 25.7 Å². The van der Waals surface area contributed by atoms with E-state index in [1.807, 2.05) is 0 Å². The summed E-state index contributed by atoms with van der Waals surface area (Å²) in [6.45, 7) is 7.22. The molecule has 0 aliphatic carbocycles. The van der Waals surface area contributed by atoms with Gasteiger partial charge in [0.25, 0.3) is 0 Å². The molecule has 0 aromatic carbocycles. The van der Waals surface area contributed by atoms with Gasteiger partial charge in [-0.25, -0.2) is 9.13 Å². The molecule has 0 bridgehead atoms. The van der Waals surface area contributed by atoms with Gasteiger partial charge in [-0.2, -0.15) is 0 Å². The van der Waals surface area contributed by atoms with Gasteiger partial charge in [0.2, 0.25) is 0 Å². The van der Waals surface area contributed by atoms with Crippen molar-refractivity contribution in [1.82, 2.24) is 0 Å². The molecule has 0 aromatic rings. The Morgan fingerprint density at radius 2 is 0.505 bits per heavy atom. The average molecular weight is 1340 g/mol. The lowest BCUT2D eigenvalue weighted by molar-refractivity contribution is -0.161. The molecule has 0 saturated carbocycles. The zero-order chi connectivity index (χ0) is 67.0. The number of carbonyl (C=O) groups excluding carboxylic acids is 4. The highest BCUT2D eigenvalue weighted by molar-refractivity contribution is 7.47. The number of esters is 4. The topological polar surface area (TPSA) is 237 Å². The quantitative estimate of drug-likeness (QED) is 0.0222. The second-order valence-electron chi connectivity index (χ2n) is 26.5. The van der Waals surface area contributed by atoms with Crippen LogP contribution in [0.1, 0.15) is 375 Å². The molecule has 0 heterocycles. The van der Waals surface area contributed by atoms with Crippen LogP contribution < -0.4 is 0 Å². The Kier molecular flexibility index (Phi) is 64.0. The van der Waals surface area contributed by atoms with Crippen molar-refractivity contribution in [3.8, 4) is 0 Å². The van der Waals surface area contributed by atoms with Gasteiger partial charge in [-0.15, -0.1) is 0 Å². The van der Waals surface area contributed by atoms with E-state index < -0.39 is 97.5 Å². The molecule has 17 nitrogen and oxygen atoms in total. The van der Waals surface area contributed by atoms with Gasteiger partial charge >= 0.3 is 39.5 Å². The Morgan fingerprint density at radius 1 is 0.297 bits per heavy atom. The zero-order valence-corrected chi connectivity index (χ0v) is 60.8. The number of unbranched alkanes of at least 4 members (excludes halogenated alkanes) is 44. The van der Waals surface area contributed by atoms with Crippen molar-refractivity contribution in [2.24, 2.45) is 5.92 Å². The summed E-state index contributed by atoms with van der Waals surface area (Å²) in [5.74, 6) is -1.36. The number of hydrogen-bond acceptors (Lipinski definition) is 15. The van der Waals surface area contributed by atoms with Crippen LogP contribution in [-0.2, 0) is 65.4 Å². The summed E-state index contributed by atoms with van der Waals surface area (Å²) >= 11 is 0. The molecule has 0 saturated heterocycles. The maximum absolute atomic E-state index is 13.0. The first-order valence-corrected chi connectivity index (χ1v) is 40.6. The van der Waals surface area contributed by atoms with E-state index >= 15 is 0 Å². The highest BCUT2D eigenvalue weighted by Crippen LogP contribution is 2.45. The van der Waals surface area contributed by atoms with E-state index in [1.54, 1.807) is 0 Å². The minimum absolute atomic E-state index is 0.107. The fourth-order valence-electron chi connectivity index (χ4n) is 11.0. The lowest BCUT2D eigenvalue weighted by Crippen LogP contribution is -2.30. The minimum atomic E-state index is -4.95. The maximum atomic E-state index is 13.0. The molecular weight excluding hydrogens is 1200 g/mol. The van der Waals surface area contributed by atoms with Crippen molar-refractivity contribution < 1.29 is 80.2 Å². The van der Waals surface area contributed by atoms with E-state index in [-0.39, 0.29) is 25.7 Å². The van der Waals surface area contributed by atoms with Crippen molar-refractivity contribution in [3.63, 3.8) is 0 Å². The predicted octanol–water partition coefficient (Wildman–Crippen LogP) is 20.9. The first kappa shape index (κ1) is 89.1. The summed E-state index contributed by atoms with van der Waals surface area (Å²) in [5, 5.41) is 10.6. The number of phosphoric ester groups is 2. The van der Waals surface area contributed by atoms with Crippen LogP contribution in [0.15, 0.2) is 0 Å². The van der Waals surface area contributed by atoms with E-state index in [0.717, 1.165) is 109 Å². The van der Waals surface area contributed by atoms with E-state index in [2.05, 4.69) is 34.6 Å². The van der Waals surface area contributed by atoms with Crippen LogP contribution >= 0.6 is 15.6 Å². The average Bonchev–Trinajstić information content (AvgIpc) is 2.18. The molecule has 0 aromatic heterocycles. The molecule has 0 amide bonds. The summed E-state index contributed by atoms with van der Waals surface area (Å²) < 4.78 is 68.3. The SMILES string of the molecule is CCCCCCCCCCCCCCCCCCCCC(=O)O[C@H](COC(=O)CCCCCCCCCCCCC(C)C)COP(=O)(O)OC[C@@H](O)COP(=O)(O)OC[C@@H](COC(=O)CCCCCCCCC)OC(=O)CCCCCCCCCCCCCCC. The molecule has 3 N–H and O–H groups in total. The van der Waals surface area contributed by atoms with Crippen LogP contribution in [0, 0.1) is 5.92 Å². The molecule has 0 spiro atoms. The Hall–Kier alpha value is -1.94. The predicted molar refractivity (Wildman–Crippen MR) is 368 cm³/mol. The Balaban J connectivity index is 5.19. The molecule has 0 rings (SSSR count). The highest BCUT2D eigenvalue weighted by atomic mass is 31.2. The molecule has 540 valence electrons. The van der Waals surface area contributed by atoms with Crippen LogP contribution in [0.25, 0.3) is 0 Å². The lowest BCUT2D eigenvalue weighted by atomic mass is 10.0. The van der Waals surface area contributed by atoms with Crippen molar-refractivity contribution in [2.45, 2.75) is 393 Å². The minimum Gasteiger partial charge on any atom is -0.462 e. The van der Waals surface area contributed by atoms with Crippen molar-refractivity contribution in [1.29, 1.82) is 0 Å². The Morgan fingerprint density at radius 3 is 0.747 bits per heavy atom. The molecule has 0 fully saturated rings. The van der Waals surface area contributed by atoms with Crippen molar-refractivity contribution >= 4 is 39.5 Å². The fourth-order valence-corrected chi connectivity index (χ4v) is 12.6. The first-order valence-electron chi connectivity index (χ1n) is 37.6. The van der Waals surface area contributed by atoms with Gasteiger partial charge in [-0.3, -0.25) is 37.3 Å². The normalized spacial score (nSPS) is 14.0. The molecule has 19 heteroatoms. The lowest BCUT2D eigenvalue weighted by Gasteiger charge is -2.21. The summed E-state index contributed by atoms with van der Waals surface area (Å²) in [6, 6.07) is 0. The van der Waals surface area contributed by atoms with Crippen molar-refractivity contribution in [2.75, 3.05) is 39.6 Å². The first-order chi connectivity index (χ1) is 44.0. The number of ether oxygens (including phenoxy) is 4. The van der Waals surface area contributed by atoms with E-state index in [9.17, 15) is 43.2 Å². The number of carbonyl (C=O) groups is 4. The third-order valence-electron chi connectivity index (χ3n) is 16.8. The van der Waals surface area contributed by atoms with Crippen LogP contribution in [0.3, 0.4) is 0 Å². The van der Waals surface area contributed by atoms with Crippen LogP contribution in [0.5, 0.6) is 0 Å². The van der Waals surface area contributed by atoms with E-state index in [0.29, 0.717) is 25.7 Å². The number of aliphatic hydroxyl groups excluding tert-OH is 1. The highest BCUT2D eigenvalue weighted by Gasteiger charge is 2.30. The summed E-state index contributed by atoms with van der Waals surface area (Å²) in [7, 11) is -9.90. The second-order valence-corrected chi connectivity index (χ2v) is 29.4. The molecule has 0 aliphatic heterocycles. The zero-order valence-electron chi connectivity index (χ0n) is 59.0. The summed E-state index contributed by atoms with van der Waals surface area (Å²) in [4.78, 5) is 72.5. The fraction of sp³-hybridized carbons (Fsp3) is 0.944.